The van der Waals surface area contributed by atoms with Gasteiger partial charge in [-0.2, -0.15) is 0 Å². The number of anilines is 2. The van der Waals surface area contributed by atoms with E-state index in [1.165, 1.54) is 7.11 Å². The quantitative estimate of drug-likeness (QED) is 0.822. The Morgan fingerprint density at radius 1 is 1.07 bits per heavy atom. The molecule has 0 spiro atoms. The van der Waals surface area contributed by atoms with Gasteiger partial charge in [-0.25, -0.2) is 0 Å². The van der Waals surface area contributed by atoms with Gasteiger partial charge in [0, 0.05) is 24.0 Å². The molecular weight excluding hydrogens is 344 g/mol. The van der Waals surface area contributed by atoms with Crippen LogP contribution in [0, 0.1) is 19.8 Å². The molecule has 1 aliphatic heterocycles. The minimum Gasteiger partial charge on any atom is -0.493 e. The molecule has 2 aromatic carbocycles. The molecule has 0 bridgehead atoms. The van der Waals surface area contributed by atoms with Gasteiger partial charge in [-0.3, -0.25) is 9.59 Å². The van der Waals surface area contributed by atoms with Crippen molar-refractivity contribution >= 4 is 23.2 Å². The van der Waals surface area contributed by atoms with Gasteiger partial charge in [0.2, 0.25) is 11.8 Å². The first-order chi connectivity index (χ1) is 12.9. The molecule has 1 saturated heterocycles. The number of hydrogen-bond donors (Lipinski definition) is 1. The Kier molecular flexibility index (Phi) is 5.35. The molecule has 0 saturated carbocycles. The van der Waals surface area contributed by atoms with Crippen molar-refractivity contribution in [3.05, 3.63) is 47.5 Å². The van der Waals surface area contributed by atoms with Crippen molar-refractivity contribution in [2.75, 3.05) is 31.0 Å². The lowest BCUT2D eigenvalue weighted by atomic mass is 10.1. The van der Waals surface area contributed by atoms with Crippen LogP contribution in [0.2, 0.25) is 0 Å². The topological polar surface area (TPSA) is 67.9 Å². The number of nitrogens with one attached hydrogen (secondary N) is 1. The lowest BCUT2D eigenvalue weighted by Gasteiger charge is -2.20. The number of nitrogens with zero attached hydrogens (tertiary/aromatic N) is 1. The van der Waals surface area contributed by atoms with E-state index >= 15 is 0 Å². The maximum absolute atomic E-state index is 12.8. The minimum absolute atomic E-state index is 0.165. The molecule has 3 rings (SSSR count). The van der Waals surface area contributed by atoms with Crippen molar-refractivity contribution < 1.29 is 19.1 Å². The molecule has 2 aromatic rings. The summed E-state index contributed by atoms with van der Waals surface area (Å²) in [6.45, 7) is 4.50. The van der Waals surface area contributed by atoms with Crippen LogP contribution in [0.15, 0.2) is 36.4 Å². The molecule has 6 heteroatoms. The zero-order valence-corrected chi connectivity index (χ0v) is 16.0. The van der Waals surface area contributed by atoms with Crippen LogP contribution in [0.25, 0.3) is 0 Å². The Morgan fingerprint density at radius 2 is 1.81 bits per heavy atom. The summed E-state index contributed by atoms with van der Waals surface area (Å²) < 4.78 is 10.5. The number of benzene rings is 2. The molecule has 1 N–H and O–H groups in total. The van der Waals surface area contributed by atoms with E-state index < -0.39 is 5.92 Å². The first kappa shape index (κ1) is 18.8. The fourth-order valence-corrected chi connectivity index (χ4v) is 3.32. The highest BCUT2D eigenvalue weighted by atomic mass is 16.5. The van der Waals surface area contributed by atoms with Gasteiger partial charge in [0.1, 0.15) is 5.92 Å². The fourth-order valence-electron chi connectivity index (χ4n) is 3.32. The molecule has 2 amide bonds. The van der Waals surface area contributed by atoms with Crippen LogP contribution in [-0.2, 0) is 9.59 Å². The first-order valence-electron chi connectivity index (χ1n) is 8.86. The Bertz CT molecular complexity index is 878. The fraction of sp³-hybridized carbons (Fsp3) is 0.333. The predicted molar refractivity (Wildman–Crippen MR) is 105 cm³/mol. The second-order valence-corrected chi connectivity index (χ2v) is 6.68. The van der Waals surface area contributed by atoms with Crippen LogP contribution in [0.5, 0.6) is 11.5 Å². The molecule has 6 nitrogen and oxygen atoms in total. The molecule has 1 heterocycles. The number of amides is 2. The summed E-state index contributed by atoms with van der Waals surface area (Å²) in [5.74, 6) is -0.0710. The third-order valence-corrected chi connectivity index (χ3v) is 4.83. The van der Waals surface area contributed by atoms with Gasteiger partial charge < -0.3 is 19.7 Å². The Balaban J connectivity index is 1.75. The molecule has 1 fully saturated rings. The van der Waals surface area contributed by atoms with Gasteiger partial charge in [-0.15, -0.1) is 0 Å². The number of carbonyl (C=O) groups is 2. The van der Waals surface area contributed by atoms with Crippen molar-refractivity contribution in [3.8, 4) is 11.5 Å². The van der Waals surface area contributed by atoms with Gasteiger partial charge >= 0.3 is 0 Å². The number of hydrogen-bond acceptors (Lipinski definition) is 4. The van der Waals surface area contributed by atoms with E-state index in [4.69, 9.17) is 9.47 Å². The van der Waals surface area contributed by atoms with Gasteiger partial charge in [0.25, 0.3) is 0 Å². The van der Waals surface area contributed by atoms with Gasteiger partial charge in [-0.05, 0) is 49.6 Å². The van der Waals surface area contributed by atoms with Crippen molar-refractivity contribution in [1.29, 1.82) is 0 Å². The maximum atomic E-state index is 12.8. The highest BCUT2D eigenvalue weighted by Crippen LogP contribution is 2.32. The van der Waals surface area contributed by atoms with Crippen molar-refractivity contribution in [2.24, 2.45) is 5.92 Å². The number of carbonyl (C=O) groups excluding carboxylic acids is 2. The van der Waals surface area contributed by atoms with E-state index in [0.717, 1.165) is 16.8 Å². The molecule has 1 unspecified atom stereocenters. The van der Waals surface area contributed by atoms with Crippen LogP contribution in [0.1, 0.15) is 17.5 Å². The molecule has 0 aliphatic carbocycles. The number of ether oxygens (including phenoxy) is 2. The second kappa shape index (κ2) is 7.70. The van der Waals surface area contributed by atoms with E-state index in [1.54, 1.807) is 30.2 Å². The Labute approximate surface area is 159 Å². The Morgan fingerprint density at radius 3 is 2.52 bits per heavy atom. The van der Waals surface area contributed by atoms with Crippen LogP contribution >= 0.6 is 0 Å². The summed E-state index contributed by atoms with van der Waals surface area (Å²) in [7, 11) is 3.08. The zero-order chi connectivity index (χ0) is 19.6. The zero-order valence-electron chi connectivity index (χ0n) is 16.0. The van der Waals surface area contributed by atoms with Crippen LogP contribution in [-0.4, -0.2) is 32.6 Å². The summed E-state index contributed by atoms with van der Waals surface area (Å²) in [5.41, 5.74) is 3.55. The van der Waals surface area contributed by atoms with Crippen LogP contribution in [0.4, 0.5) is 11.4 Å². The summed E-state index contributed by atoms with van der Waals surface area (Å²) in [5, 5.41) is 2.82. The third kappa shape index (κ3) is 3.74. The normalized spacial score (nSPS) is 16.4. The molecule has 142 valence electrons. The molecule has 0 radical (unpaired) electrons. The number of aryl methyl sites for hydroxylation is 2. The monoisotopic (exact) mass is 368 g/mol. The van der Waals surface area contributed by atoms with Crippen molar-refractivity contribution in [3.63, 3.8) is 0 Å². The summed E-state index contributed by atoms with van der Waals surface area (Å²) in [4.78, 5) is 27.2. The average molecular weight is 368 g/mol. The standard InChI is InChI=1S/C21H24N2O4/c1-13-5-6-14(2)17(11-13)23-10-9-16(21(23)25)20(24)22-15-7-8-18(26-3)19(12-15)27-4/h5-8,11-12,16H,9-10H2,1-4H3,(H,22,24). The van der Waals surface area contributed by atoms with Gasteiger partial charge in [-0.1, -0.05) is 12.1 Å². The van der Waals surface area contributed by atoms with E-state index in [1.807, 2.05) is 32.0 Å². The molecule has 1 aliphatic rings. The van der Waals surface area contributed by atoms with Crippen LogP contribution < -0.4 is 19.7 Å². The van der Waals surface area contributed by atoms with Crippen molar-refractivity contribution in [2.45, 2.75) is 20.3 Å². The molecule has 1 atom stereocenters. The van der Waals surface area contributed by atoms with E-state index in [-0.39, 0.29) is 11.8 Å². The number of methoxy groups -OCH3 is 2. The lowest BCUT2D eigenvalue weighted by molar-refractivity contribution is -0.129. The van der Waals surface area contributed by atoms with Crippen molar-refractivity contribution in [1.82, 2.24) is 0 Å². The van der Waals surface area contributed by atoms with Crippen LogP contribution in [0.3, 0.4) is 0 Å². The molecule has 0 aromatic heterocycles. The average Bonchev–Trinajstić information content (AvgIpc) is 3.05. The highest BCUT2D eigenvalue weighted by molar-refractivity contribution is 6.13. The molecular formula is C21H24N2O4. The van der Waals surface area contributed by atoms with E-state index in [2.05, 4.69) is 5.32 Å². The first-order valence-corrected chi connectivity index (χ1v) is 8.86. The third-order valence-electron chi connectivity index (χ3n) is 4.83. The summed E-state index contributed by atoms with van der Waals surface area (Å²) in [6, 6.07) is 11.1. The predicted octanol–water partition coefficient (Wildman–Crippen LogP) is 3.31. The van der Waals surface area contributed by atoms with E-state index in [9.17, 15) is 9.59 Å². The SMILES string of the molecule is COc1ccc(NC(=O)C2CCN(c3cc(C)ccc3C)C2=O)cc1OC. The summed E-state index contributed by atoms with van der Waals surface area (Å²) in [6.07, 6.45) is 0.491. The molecule has 27 heavy (non-hydrogen) atoms. The maximum Gasteiger partial charge on any atom is 0.239 e. The minimum atomic E-state index is -0.696. The van der Waals surface area contributed by atoms with E-state index in [0.29, 0.717) is 30.2 Å². The second-order valence-electron chi connectivity index (χ2n) is 6.68. The Hall–Kier alpha value is -3.02. The summed E-state index contributed by atoms with van der Waals surface area (Å²) >= 11 is 0. The number of rotatable bonds is 5. The highest BCUT2D eigenvalue weighted by Gasteiger charge is 2.38. The smallest absolute Gasteiger partial charge is 0.239 e. The lowest BCUT2D eigenvalue weighted by Crippen LogP contribution is -2.33. The van der Waals surface area contributed by atoms with Gasteiger partial charge in [0.05, 0.1) is 14.2 Å². The largest absolute Gasteiger partial charge is 0.493 e. The van der Waals surface area contributed by atoms with Gasteiger partial charge in [0.15, 0.2) is 11.5 Å².